The SMILES string of the molecule is O=C(O)C(CNCc1cccc(F)c1)c1ccccc1. The zero-order valence-electron chi connectivity index (χ0n) is 10.9. The number of hydrogen-bond acceptors (Lipinski definition) is 2. The molecule has 1 atom stereocenters. The smallest absolute Gasteiger partial charge is 0.312 e. The Morgan fingerprint density at radius 2 is 1.90 bits per heavy atom. The van der Waals surface area contributed by atoms with Crippen molar-refractivity contribution in [2.24, 2.45) is 0 Å². The number of carboxylic acids is 1. The van der Waals surface area contributed by atoms with Gasteiger partial charge in [0.05, 0.1) is 5.92 Å². The van der Waals surface area contributed by atoms with E-state index in [1.54, 1.807) is 24.3 Å². The molecule has 0 aliphatic carbocycles. The van der Waals surface area contributed by atoms with Gasteiger partial charge >= 0.3 is 5.97 Å². The molecular weight excluding hydrogens is 257 g/mol. The van der Waals surface area contributed by atoms with E-state index < -0.39 is 11.9 Å². The maximum Gasteiger partial charge on any atom is 0.312 e. The predicted molar refractivity (Wildman–Crippen MR) is 74.9 cm³/mol. The molecule has 0 heterocycles. The van der Waals surface area contributed by atoms with Crippen molar-refractivity contribution in [2.75, 3.05) is 6.54 Å². The molecule has 1 unspecified atom stereocenters. The van der Waals surface area contributed by atoms with Crippen molar-refractivity contribution in [1.29, 1.82) is 0 Å². The molecule has 2 rings (SSSR count). The zero-order chi connectivity index (χ0) is 14.4. The Hall–Kier alpha value is -2.20. The zero-order valence-corrected chi connectivity index (χ0v) is 10.9. The Morgan fingerprint density at radius 1 is 1.15 bits per heavy atom. The Labute approximate surface area is 117 Å². The third kappa shape index (κ3) is 3.90. The van der Waals surface area contributed by atoms with E-state index in [0.717, 1.165) is 11.1 Å². The minimum atomic E-state index is -0.872. The number of aliphatic carboxylic acids is 1. The normalized spacial score (nSPS) is 12.1. The number of carboxylic acid groups (broad SMARTS) is 1. The maximum atomic E-state index is 13.0. The molecule has 20 heavy (non-hydrogen) atoms. The Morgan fingerprint density at radius 3 is 2.55 bits per heavy atom. The van der Waals surface area contributed by atoms with Crippen LogP contribution >= 0.6 is 0 Å². The monoisotopic (exact) mass is 273 g/mol. The van der Waals surface area contributed by atoms with E-state index in [0.29, 0.717) is 13.1 Å². The minimum Gasteiger partial charge on any atom is -0.481 e. The lowest BCUT2D eigenvalue weighted by molar-refractivity contribution is -0.138. The van der Waals surface area contributed by atoms with Crippen LogP contribution in [0.3, 0.4) is 0 Å². The summed E-state index contributed by atoms with van der Waals surface area (Å²) in [6.07, 6.45) is 0. The van der Waals surface area contributed by atoms with Gasteiger partial charge in [-0.15, -0.1) is 0 Å². The van der Waals surface area contributed by atoms with Crippen molar-refractivity contribution in [1.82, 2.24) is 5.32 Å². The Balaban J connectivity index is 1.95. The largest absolute Gasteiger partial charge is 0.481 e. The molecule has 104 valence electrons. The van der Waals surface area contributed by atoms with Crippen molar-refractivity contribution in [3.8, 4) is 0 Å². The Kier molecular flexibility index (Phi) is 4.85. The first-order valence-corrected chi connectivity index (χ1v) is 6.40. The third-order valence-electron chi connectivity index (χ3n) is 3.07. The predicted octanol–water partition coefficient (Wildman–Crippen LogP) is 2.78. The van der Waals surface area contributed by atoms with Crippen LogP contribution in [0.1, 0.15) is 17.0 Å². The molecule has 0 saturated carbocycles. The third-order valence-corrected chi connectivity index (χ3v) is 3.07. The van der Waals surface area contributed by atoms with Crippen LogP contribution in [0.4, 0.5) is 4.39 Å². The average Bonchev–Trinajstić information content (AvgIpc) is 2.44. The summed E-state index contributed by atoms with van der Waals surface area (Å²) in [5.41, 5.74) is 1.55. The molecule has 0 amide bonds. The van der Waals surface area contributed by atoms with E-state index in [1.165, 1.54) is 12.1 Å². The Bertz CT molecular complexity index is 572. The van der Waals surface area contributed by atoms with E-state index in [2.05, 4.69) is 5.32 Å². The molecule has 2 N–H and O–H groups in total. The molecule has 2 aromatic carbocycles. The second-order valence-electron chi connectivity index (χ2n) is 4.56. The van der Waals surface area contributed by atoms with E-state index in [1.807, 2.05) is 18.2 Å². The highest BCUT2D eigenvalue weighted by molar-refractivity contribution is 5.76. The number of nitrogens with one attached hydrogen (secondary N) is 1. The average molecular weight is 273 g/mol. The first-order valence-electron chi connectivity index (χ1n) is 6.40. The number of benzene rings is 2. The summed E-state index contributed by atoms with van der Waals surface area (Å²) >= 11 is 0. The second kappa shape index (κ2) is 6.82. The van der Waals surface area contributed by atoms with Gasteiger partial charge < -0.3 is 10.4 Å². The molecule has 0 aliphatic heterocycles. The van der Waals surface area contributed by atoms with Gasteiger partial charge in [-0.05, 0) is 23.3 Å². The van der Waals surface area contributed by atoms with Gasteiger partial charge in [0.1, 0.15) is 5.82 Å². The molecule has 0 radical (unpaired) electrons. The molecule has 3 nitrogen and oxygen atoms in total. The molecule has 4 heteroatoms. The van der Waals surface area contributed by atoms with Gasteiger partial charge in [0.15, 0.2) is 0 Å². The minimum absolute atomic E-state index is 0.290. The molecule has 0 bridgehead atoms. The van der Waals surface area contributed by atoms with E-state index in [9.17, 15) is 14.3 Å². The molecule has 0 spiro atoms. The summed E-state index contributed by atoms with van der Waals surface area (Å²) in [5, 5.41) is 12.3. The van der Waals surface area contributed by atoms with Crippen LogP contribution in [-0.2, 0) is 11.3 Å². The first-order chi connectivity index (χ1) is 9.66. The molecule has 0 aliphatic rings. The van der Waals surface area contributed by atoms with Gasteiger partial charge in [0.2, 0.25) is 0 Å². The molecule has 2 aromatic rings. The van der Waals surface area contributed by atoms with Crippen molar-refractivity contribution >= 4 is 5.97 Å². The number of carbonyl (C=O) groups is 1. The van der Waals surface area contributed by atoms with Crippen molar-refractivity contribution in [2.45, 2.75) is 12.5 Å². The van der Waals surface area contributed by atoms with Crippen LogP contribution in [-0.4, -0.2) is 17.6 Å². The summed E-state index contributed by atoms with van der Waals surface area (Å²) in [6, 6.07) is 15.3. The number of rotatable bonds is 6. The molecule has 0 fully saturated rings. The second-order valence-corrected chi connectivity index (χ2v) is 4.56. The van der Waals surface area contributed by atoms with Crippen LogP contribution in [0.5, 0.6) is 0 Å². The van der Waals surface area contributed by atoms with Crippen LogP contribution in [0.15, 0.2) is 54.6 Å². The lowest BCUT2D eigenvalue weighted by Gasteiger charge is -2.13. The summed E-state index contributed by atoms with van der Waals surface area (Å²) in [4.78, 5) is 11.3. The molecule has 0 aromatic heterocycles. The van der Waals surface area contributed by atoms with Gasteiger partial charge in [-0.2, -0.15) is 0 Å². The van der Waals surface area contributed by atoms with E-state index in [-0.39, 0.29) is 5.82 Å². The van der Waals surface area contributed by atoms with Gasteiger partial charge in [-0.1, -0.05) is 42.5 Å². The van der Waals surface area contributed by atoms with Gasteiger partial charge in [0, 0.05) is 13.1 Å². The van der Waals surface area contributed by atoms with E-state index >= 15 is 0 Å². The summed E-state index contributed by atoms with van der Waals surface area (Å²) in [5.74, 6) is -1.77. The van der Waals surface area contributed by atoms with Crippen LogP contribution in [0.25, 0.3) is 0 Å². The molecule has 0 saturated heterocycles. The summed E-state index contributed by atoms with van der Waals surface area (Å²) in [6.45, 7) is 0.740. The lowest BCUT2D eigenvalue weighted by atomic mass is 9.99. The standard InChI is InChI=1S/C16H16FNO2/c17-14-8-4-5-12(9-14)10-18-11-15(16(19)20)13-6-2-1-3-7-13/h1-9,15,18H,10-11H2,(H,19,20). The van der Waals surface area contributed by atoms with Crippen molar-refractivity contribution in [3.63, 3.8) is 0 Å². The topological polar surface area (TPSA) is 49.3 Å². The highest BCUT2D eigenvalue weighted by atomic mass is 19.1. The lowest BCUT2D eigenvalue weighted by Crippen LogP contribution is -2.26. The van der Waals surface area contributed by atoms with Crippen LogP contribution in [0.2, 0.25) is 0 Å². The van der Waals surface area contributed by atoms with E-state index in [4.69, 9.17) is 0 Å². The van der Waals surface area contributed by atoms with Gasteiger partial charge in [0.25, 0.3) is 0 Å². The highest BCUT2D eigenvalue weighted by Crippen LogP contribution is 2.15. The fourth-order valence-corrected chi connectivity index (χ4v) is 2.04. The quantitative estimate of drug-likeness (QED) is 0.851. The molecular formula is C16H16FNO2. The van der Waals surface area contributed by atoms with Gasteiger partial charge in [-0.3, -0.25) is 4.79 Å². The highest BCUT2D eigenvalue weighted by Gasteiger charge is 2.18. The van der Waals surface area contributed by atoms with Crippen molar-refractivity contribution in [3.05, 3.63) is 71.5 Å². The first kappa shape index (κ1) is 14.2. The maximum absolute atomic E-state index is 13.0. The number of halogens is 1. The summed E-state index contributed by atoms with van der Waals surface area (Å²) < 4.78 is 13.0. The van der Waals surface area contributed by atoms with Crippen molar-refractivity contribution < 1.29 is 14.3 Å². The van der Waals surface area contributed by atoms with Gasteiger partial charge in [-0.25, -0.2) is 4.39 Å². The summed E-state index contributed by atoms with van der Waals surface area (Å²) in [7, 11) is 0. The van der Waals surface area contributed by atoms with Crippen LogP contribution < -0.4 is 5.32 Å². The number of hydrogen-bond donors (Lipinski definition) is 2. The van der Waals surface area contributed by atoms with Crippen LogP contribution in [0, 0.1) is 5.82 Å². The fourth-order valence-electron chi connectivity index (χ4n) is 2.04. The fraction of sp³-hybridized carbons (Fsp3) is 0.188.